The topological polar surface area (TPSA) is 44.8 Å². The van der Waals surface area contributed by atoms with Crippen molar-refractivity contribution in [2.45, 2.75) is 6.92 Å². The van der Waals surface area contributed by atoms with Crippen LogP contribution in [0.2, 0.25) is 0 Å². The minimum atomic E-state index is -4.15. The van der Waals surface area contributed by atoms with Gasteiger partial charge in [0.2, 0.25) is 0 Å². The van der Waals surface area contributed by atoms with Gasteiger partial charge in [0.1, 0.15) is 0 Å². The van der Waals surface area contributed by atoms with Crippen LogP contribution < -0.4 is 9.47 Å². The second-order valence-corrected chi connectivity index (χ2v) is 4.97. The van der Waals surface area contributed by atoms with Crippen molar-refractivity contribution in [2.24, 2.45) is 0 Å². The van der Waals surface area contributed by atoms with Crippen molar-refractivity contribution >= 4 is 13.8 Å². The number of rotatable bonds is 6. The fourth-order valence-electron chi connectivity index (χ4n) is 1.35. The van der Waals surface area contributed by atoms with E-state index in [1.165, 1.54) is 20.3 Å². The first-order valence-corrected chi connectivity index (χ1v) is 6.96. The standard InChI is InChI=1S/C12H16FO4P/c1-4-17-18(13,14)8-7-10-5-6-11(15-2)12(9-10)16-3/h5-9H,4H2,1-3H3/b8-7+. The van der Waals surface area contributed by atoms with Gasteiger partial charge in [-0.05, 0) is 30.7 Å². The van der Waals surface area contributed by atoms with E-state index in [4.69, 9.17) is 9.47 Å². The van der Waals surface area contributed by atoms with Gasteiger partial charge in [0.25, 0.3) is 0 Å². The molecule has 4 nitrogen and oxygen atoms in total. The summed E-state index contributed by atoms with van der Waals surface area (Å²) in [6.07, 6.45) is 1.39. The highest BCUT2D eigenvalue weighted by atomic mass is 31.2. The third-order valence-corrected chi connectivity index (χ3v) is 3.27. The van der Waals surface area contributed by atoms with Gasteiger partial charge in [0.15, 0.2) is 11.5 Å². The zero-order valence-corrected chi connectivity index (χ0v) is 11.4. The summed E-state index contributed by atoms with van der Waals surface area (Å²) in [7, 11) is -1.12. The maximum absolute atomic E-state index is 13.3. The van der Waals surface area contributed by atoms with E-state index in [9.17, 15) is 8.76 Å². The van der Waals surface area contributed by atoms with E-state index in [1.807, 2.05) is 0 Å². The predicted molar refractivity (Wildman–Crippen MR) is 68.9 cm³/mol. The molecule has 0 saturated heterocycles. The summed E-state index contributed by atoms with van der Waals surface area (Å²) in [4.78, 5) is 0. The molecule has 0 N–H and O–H groups in total. The Morgan fingerprint density at radius 2 is 1.94 bits per heavy atom. The molecule has 100 valence electrons. The Balaban J connectivity index is 2.92. The molecule has 1 aromatic rings. The van der Waals surface area contributed by atoms with E-state index in [-0.39, 0.29) is 6.61 Å². The highest BCUT2D eigenvalue weighted by Gasteiger charge is 2.15. The summed E-state index contributed by atoms with van der Waals surface area (Å²) in [6.45, 7) is 1.64. The van der Waals surface area contributed by atoms with Gasteiger partial charge in [-0.2, -0.15) is 4.20 Å². The maximum Gasteiger partial charge on any atom is 0.390 e. The minimum Gasteiger partial charge on any atom is -0.493 e. The molecule has 18 heavy (non-hydrogen) atoms. The quantitative estimate of drug-likeness (QED) is 0.738. The van der Waals surface area contributed by atoms with Crippen LogP contribution in [0.3, 0.4) is 0 Å². The van der Waals surface area contributed by atoms with Gasteiger partial charge in [-0.25, -0.2) is 0 Å². The first-order chi connectivity index (χ1) is 8.52. The van der Waals surface area contributed by atoms with Crippen molar-refractivity contribution in [3.8, 4) is 11.5 Å². The Bertz CT molecular complexity index is 473. The fourth-order valence-corrected chi connectivity index (χ4v) is 2.14. The molecule has 0 heterocycles. The lowest BCUT2D eigenvalue weighted by Gasteiger charge is -2.08. The summed E-state index contributed by atoms with van der Waals surface area (Å²) in [5.41, 5.74) is 0.644. The molecule has 1 aromatic carbocycles. The molecular formula is C12H16FO4P. The third-order valence-electron chi connectivity index (χ3n) is 2.16. The lowest BCUT2D eigenvalue weighted by molar-refractivity contribution is 0.312. The smallest absolute Gasteiger partial charge is 0.390 e. The van der Waals surface area contributed by atoms with Crippen molar-refractivity contribution in [1.82, 2.24) is 0 Å². The van der Waals surface area contributed by atoms with E-state index in [1.54, 1.807) is 25.1 Å². The van der Waals surface area contributed by atoms with Gasteiger partial charge in [-0.15, -0.1) is 0 Å². The molecule has 0 fully saturated rings. The monoisotopic (exact) mass is 274 g/mol. The summed E-state index contributed by atoms with van der Waals surface area (Å²) >= 11 is 0. The van der Waals surface area contributed by atoms with E-state index < -0.39 is 7.68 Å². The average molecular weight is 274 g/mol. The lowest BCUT2D eigenvalue weighted by atomic mass is 10.2. The molecule has 0 aliphatic rings. The Kier molecular flexibility index (Phi) is 5.38. The number of methoxy groups -OCH3 is 2. The molecule has 0 aromatic heterocycles. The average Bonchev–Trinajstić information content (AvgIpc) is 2.36. The van der Waals surface area contributed by atoms with Crippen molar-refractivity contribution in [3.05, 3.63) is 29.6 Å². The molecule has 1 rings (SSSR count). The molecular weight excluding hydrogens is 258 g/mol. The van der Waals surface area contributed by atoms with Crippen molar-refractivity contribution in [1.29, 1.82) is 0 Å². The molecule has 0 aliphatic heterocycles. The molecule has 1 atom stereocenters. The molecule has 6 heteroatoms. The third kappa shape index (κ3) is 4.17. The fraction of sp³-hybridized carbons (Fsp3) is 0.333. The summed E-state index contributed by atoms with van der Waals surface area (Å²) in [6, 6.07) is 5.04. The number of benzene rings is 1. The van der Waals surface area contributed by atoms with Crippen molar-refractivity contribution < 1.29 is 22.8 Å². The number of hydrogen-bond donors (Lipinski definition) is 0. The molecule has 0 bridgehead atoms. The van der Waals surface area contributed by atoms with Gasteiger partial charge in [0, 0.05) is 5.82 Å². The summed E-state index contributed by atoms with van der Waals surface area (Å²) in [5.74, 6) is 2.02. The van der Waals surface area contributed by atoms with E-state index in [2.05, 4.69) is 4.52 Å². The minimum absolute atomic E-state index is 0.0596. The van der Waals surface area contributed by atoms with E-state index >= 15 is 0 Å². The lowest BCUT2D eigenvalue weighted by Crippen LogP contribution is -1.90. The van der Waals surface area contributed by atoms with E-state index in [0.717, 1.165) is 5.82 Å². The predicted octanol–water partition coefficient (Wildman–Crippen LogP) is 3.87. The highest BCUT2D eigenvalue weighted by Crippen LogP contribution is 2.50. The first-order valence-electron chi connectivity index (χ1n) is 5.37. The number of hydrogen-bond acceptors (Lipinski definition) is 4. The van der Waals surface area contributed by atoms with Crippen LogP contribution in [0.4, 0.5) is 4.20 Å². The Hall–Kier alpha value is -1.32. The largest absolute Gasteiger partial charge is 0.493 e. The molecule has 0 amide bonds. The SMILES string of the molecule is CCOP(=O)(F)/C=C/c1ccc(OC)c(OC)c1. The summed E-state index contributed by atoms with van der Waals surface area (Å²) < 4.78 is 39.2. The summed E-state index contributed by atoms with van der Waals surface area (Å²) in [5, 5.41) is 0. The van der Waals surface area contributed by atoms with Crippen molar-refractivity contribution in [2.75, 3.05) is 20.8 Å². The Morgan fingerprint density at radius 3 is 2.50 bits per heavy atom. The second-order valence-electron chi connectivity index (χ2n) is 3.37. The van der Waals surface area contributed by atoms with Crippen LogP contribution >= 0.6 is 7.68 Å². The van der Waals surface area contributed by atoms with Gasteiger partial charge in [-0.3, -0.25) is 4.57 Å². The van der Waals surface area contributed by atoms with Crippen LogP contribution in [0.15, 0.2) is 24.0 Å². The van der Waals surface area contributed by atoms with Crippen LogP contribution in [0.5, 0.6) is 11.5 Å². The second kappa shape index (κ2) is 6.57. The van der Waals surface area contributed by atoms with Crippen LogP contribution in [0.1, 0.15) is 12.5 Å². The van der Waals surface area contributed by atoms with Crippen LogP contribution in [0.25, 0.3) is 6.08 Å². The number of halogens is 1. The zero-order valence-electron chi connectivity index (χ0n) is 10.6. The zero-order chi connectivity index (χ0) is 13.6. The van der Waals surface area contributed by atoms with Gasteiger partial charge in [0.05, 0.1) is 20.8 Å². The molecule has 0 aliphatic carbocycles. The molecule has 1 unspecified atom stereocenters. The normalized spacial score (nSPS) is 14.4. The van der Waals surface area contributed by atoms with Gasteiger partial charge < -0.3 is 14.0 Å². The highest BCUT2D eigenvalue weighted by molar-refractivity contribution is 7.57. The Morgan fingerprint density at radius 1 is 1.28 bits per heavy atom. The van der Waals surface area contributed by atoms with Crippen LogP contribution in [0, 0.1) is 0 Å². The van der Waals surface area contributed by atoms with Crippen molar-refractivity contribution in [3.63, 3.8) is 0 Å². The van der Waals surface area contributed by atoms with Crippen LogP contribution in [-0.4, -0.2) is 20.8 Å². The molecule has 0 radical (unpaired) electrons. The van der Waals surface area contributed by atoms with Gasteiger partial charge in [-0.1, -0.05) is 6.07 Å². The Labute approximate surface area is 106 Å². The van der Waals surface area contributed by atoms with Gasteiger partial charge >= 0.3 is 7.68 Å². The molecule has 0 saturated carbocycles. The first kappa shape index (κ1) is 14.7. The van der Waals surface area contributed by atoms with Crippen LogP contribution in [-0.2, 0) is 9.09 Å². The maximum atomic E-state index is 13.3. The van der Waals surface area contributed by atoms with E-state index in [0.29, 0.717) is 17.1 Å². The molecule has 0 spiro atoms. The number of ether oxygens (including phenoxy) is 2.